The van der Waals surface area contributed by atoms with Crippen molar-refractivity contribution >= 4 is 11.8 Å². The van der Waals surface area contributed by atoms with Gasteiger partial charge in [-0.05, 0) is 31.0 Å². The monoisotopic (exact) mass is 298 g/mol. The van der Waals surface area contributed by atoms with E-state index in [1.165, 1.54) is 12.8 Å². The maximum atomic E-state index is 5.97. The van der Waals surface area contributed by atoms with Gasteiger partial charge in [-0.1, -0.05) is 0 Å². The molecule has 0 atom stereocenters. The summed E-state index contributed by atoms with van der Waals surface area (Å²) in [5.41, 5.74) is 7.74. The second kappa shape index (κ2) is 5.36. The molecule has 2 N–H and O–H groups in total. The van der Waals surface area contributed by atoms with E-state index in [4.69, 9.17) is 15.2 Å². The molecular formula is C16H18N4O2. The molecule has 1 saturated heterocycles. The van der Waals surface area contributed by atoms with Crippen LogP contribution in [0.2, 0.25) is 0 Å². The van der Waals surface area contributed by atoms with Gasteiger partial charge >= 0.3 is 0 Å². The first-order valence-electron chi connectivity index (χ1n) is 7.59. The number of nitrogen functional groups attached to an aromatic ring is 1. The zero-order valence-electron chi connectivity index (χ0n) is 12.3. The fourth-order valence-electron chi connectivity index (χ4n) is 2.86. The maximum absolute atomic E-state index is 5.97. The van der Waals surface area contributed by atoms with Crippen molar-refractivity contribution in [3.05, 3.63) is 24.3 Å². The van der Waals surface area contributed by atoms with E-state index in [9.17, 15) is 0 Å². The molecule has 0 radical (unpaired) electrons. The number of aromatic nitrogens is 2. The summed E-state index contributed by atoms with van der Waals surface area (Å²) in [5, 5.41) is 0. The van der Waals surface area contributed by atoms with Crippen LogP contribution in [0, 0.1) is 0 Å². The predicted octanol–water partition coefficient (Wildman–Crippen LogP) is 2.10. The summed E-state index contributed by atoms with van der Waals surface area (Å²) in [6, 6.07) is 7.63. The van der Waals surface area contributed by atoms with Gasteiger partial charge in [0.2, 0.25) is 5.95 Å². The van der Waals surface area contributed by atoms with E-state index in [0.29, 0.717) is 25.0 Å². The Labute approximate surface area is 128 Å². The number of nitrogens with two attached hydrogens (primary N) is 1. The normalized spacial score (nSPS) is 16.8. The van der Waals surface area contributed by atoms with E-state index in [1.807, 2.05) is 18.2 Å². The number of benzene rings is 1. The Bertz CT molecular complexity index is 699. The number of fused-ring (bicyclic) bond motifs is 1. The van der Waals surface area contributed by atoms with Gasteiger partial charge in [0.25, 0.3) is 0 Å². The molecule has 3 heterocycles. The van der Waals surface area contributed by atoms with Gasteiger partial charge in [-0.3, -0.25) is 0 Å². The lowest BCUT2D eigenvalue weighted by atomic mass is 10.1. The standard InChI is InChI=1S/C16H18N4O2/c17-15-10-12(18-16(19-15)20-5-1-2-6-20)11-3-4-13-14(9-11)22-8-7-21-13/h3-4,9-10H,1-2,5-8H2,(H2,17,18,19). The largest absolute Gasteiger partial charge is 0.486 e. The summed E-state index contributed by atoms with van der Waals surface area (Å²) >= 11 is 0. The van der Waals surface area contributed by atoms with Gasteiger partial charge < -0.3 is 20.1 Å². The van der Waals surface area contributed by atoms with Crippen molar-refractivity contribution in [1.29, 1.82) is 0 Å². The molecule has 2 aromatic rings. The molecular weight excluding hydrogens is 280 g/mol. The van der Waals surface area contributed by atoms with Crippen molar-refractivity contribution in [1.82, 2.24) is 9.97 Å². The van der Waals surface area contributed by atoms with Gasteiger partial charge in [0.1, 0.15) is 19.0 Å². The van der Waals surface area contributed by atoms with Crippen LogP contribution in [0.4, 0.5) is 11.8 Å². The van der Waals surface area contributed by atoms with Crippen LogP contribution in [-0.2, 0) is 0 Å². The number of anilines is 2. The molecule has 0 aliphatic carbocycles. The molecule has 114 valence electrons. The molecule has 0 bridgehead atoms. The molecule has 6 heteroatoms. The van der Waals surface area contributed by atoms with Crippen LogP contribution in [0.25, 0.3) is 11.3 Å². The highest BCUT2D eigenvalue weighted by Crippen LogP contribution is 2.34. The lowest BCUT2D eigenvalue weighted by Gasteiger charge is -2.19. The third-order valence-electron chi connectivity index (χ3n) is 3.96. The third kappa shape index (κ3) is 2.41. The van der Waals surface area contributed by atoms with Gasteiger partial charge in [0.15, 0.2) is 11.5 Å². The molecule has 0 amide bonds. The van der Waals surface area contributed by atoms with Crippen LogP contribution in [0.5, 0.6) is 11.5 Å². The second-order valence-electron chi connectivity index (χ2n) is 5.53. The first-order chi connectivity index (χ1) is 10.8. The van der Waals surface area contributed by atoms with E-state index in [2.05, 4.69) is 14.9 Å². The quantitative estimate of drug-likeness (QED) is 0.915. The SMILES string of the molecule is Nc1cc(-c2ccc3c(c2)OCCO3)nc(N2CCCC2)n1. The Morgan fingerprint density at radius 2 is 1.73 bits per heavy atom. The highest BCUT2D eigenvalue weighted by molar-refractivity contribution is 5.67. The van der Waals surface area contributed by atoms with E-state index < -0.39 is 0 Å². The predicted molar refractivity (Wildman–Crippen MR) is 84.3 cm³/mol. The highest BCUT2D eigenvalue weighted by atomic mass is 16.6. The Morgan fingerprint density at radius 1 is 0.955 bits per heavy atom. The smallest absolute Gasteiger partial charge is 0.227 e. The van der Waals surface area contributed by atoms with E-state index in [1.54, 1.807) is 6.07 Å². The summed E-state index contributed by atoms with van der Waals surface area (Å²) in [4.78, 5) is 11.2. The van der Waals surface area contributed by atoms with Gasteiger partial charge in [-0.25, -0.2) is 4.98 Å². The first-order valence-corrected chi connectivity index (χ1v) is 7.59. The van der Waals surface area contributed by atoms with Gasteiger partial charge in [0, 0.05) is 24.7 Å². The van der Waals surface area contributed by atoms with Crippen molar-refractivity contribution in [3.63, 3.8) is 0 Å². The average Bonchev–Trinajstić information content (AvgIpc) is 3.08. The lowest BCUT2D eigenvalue weighted by Crippen LogP contribution is -2.21. The minimum atomic E-state index is 0.488. The molecule has 1 aromatic heterocycles. The number of hydrogen-bond donors (Lipinski definition) is 1. The van der Waals surface area contributed by atoms with E-state index in [-0.39, 0.29) is 0 Å². The highest BCUT2D eigenvalue weighted by Gasteiger charge is 2.18. The topological polar surface area (TPSA) is 73.5 Å². The van der Waals surface area contributed by atoms with Crippen LogP contribution >= 0.6 is 0 Å². The van der Waals surface area contributed by atoms with Crippen molar-refractivity contribution in [3.8, 4) is 22.8 Å². The second-order valence-corrected chi connectivity index (χ2v) is 5.53. The zero-order valence-corrected chi connectivity index (χ0v) is 12.3. The number of ether oxygens (including phenoxy) is 2. The molecule has 0 spiro atoms. The Balaban J connectivity index is 1.72. The lowest BCUT2D eigenvalue weighted by molar-refractivity contribution is 0.171. The van der Waals surface area contributed by atoms with Crippen LogP contribution in [0.1, 0.15) is 12.8 Å². The molecule has 2 aliphatic rings. The Hall–Kier alpha value is -2.50. The van der Waals surface area contributed by atoms with Gasteiger partial charge in [0.05, 0.1) is 5.69 Å². The van der Waals surface area contributed by atoms with E-state index >= 15 is 0 Å². The van der Waals surface area contributed by atoms with Gasteiger partial charge in [-0.2, -0.15) is 4.98 Å². The molecule has 1 fully saturated rings. The summed E-state index contributed by atoms with van der Waals surface area (Å²) in [6.07, 6.45) is 2.36. The molecule has 4 rings (SSSR count). The van der Waals surface area contributed by atoms with Crippen molar-refractivity contribution in [2.24, 2.45) is 0 Å². The number of rotatable bonds is 2. The number of hydrogen-bond acceptors (Lipinski definition) is 6. The van der Waals surface area contributed by atoms with Crippen molar-refractivity contribution in [2.45, 2.75) is 12.8 Å². The van der Waals surface area contributed by atoms with Crippen LogP contribution < -0.4 is 20.1 Å². The summed E-state index contributed by atoms with van der Waals surface area (Å²) < 4.78 is 11.2. The first kappa shape index (κ1) is 13.2. The van der Waals surface area contributed by atoms with Crippen LogP contribution in [0.15, 0.2) is 24.3 Å². The molecule has 22 heavy (non-hydrogen) atoms. The number of nitrogens with zero attached hydrogens (tertiary/aromatic N) is 3. The molecule has 0 saturated carbocycles. The van der Waals surface area contributed by atoms with Gasteiger partial charge in [-0.15, -0.1) is 0 Å². The van der Waals surface area contributed by atoms with E-state index in [0.717, 1.165) is 35.8 Å². The van der Waals surface area contributed by atoms with Crippen molar-refractivity contribution in [2.75, 3.05) is 36.9 Å². The summed E-state index contributed by atoms with van der Waals surface area (Å²) in [5.74, 6) is 2.73. The maximum Gasteiger partial charge on any atom is 0.227 e. The molecule has 1 aromatic carbocycles. The van der Waals surface area contributed by atoms with Crippen LogP contribution in [0.3, 0.4) is 0 Å². The molecule has 2 aliphatic heterocycles. The third-order valence-corrected chi connectivity index (χ3v) is 3.96. The zero-order chi connectivity index (χ0) is 14.9. The summed E-state index contributed by atoms with van der Waals surface area (Å²) in [7, 11) is 0. The minimum Gasteiger partial charge on any atom is -0.486 e. The summed E-state index contributed by atoms with van der Waals surface area (Å²) in [6.45, 7) is 3.14. The average molecular weight is 298 g/mol. The minimum absolute atomic E-state index is 0.488. The molecule has 0 unspecified atom stereocenters. The Morgan fingerprint density at radius 3 is 2.55 bits per heavy atom. The Kier molecular flexibility index (Phi) is 3.21. The van der Waals surface area contributed by atoms with Crippen LogP contribution in [-0.4, -0.2) is 36.3 Å². The molecule has 6 nitrogen and oxygen atoms in total. The van der Waals surface area contributed by atoms with Crippen molar-refractivity contribution < 1.29 is 9.47 Å². The fourth-order valence-corrected chi connectivity index (χ4v) is 2.86. The fraction of sp³-hybridized carbons (Fsp3) is 0.375.